The van der Waals surface area contributed by atoms with E-state index in [1.54, 1.807) is 6.07 Å². The summed E-state index contributed by atoms with van der Waals surface area (Å²) in [4.78, 5) is 12.3. The second-order valence-electron chi connectivity index (χ2n) is 7.11. The number of amides is 1. The monoisotopic (exact) mass is 330 g/mol. The largest absolute Gasteiger partial charge is 0.506 e. The second-order valence-corrected chi connectivity index (χ2v) is 7.11. The van der Waals surface area contributed by atoms with Crippen molar-refractivity contribution in [1.82, 2.24) is 5.32 Å². The summed E-state index contributed by atoms with van der Waals surface area (Å²) in [5.74, 6) is 1.21. The highest BCUT2D eigenvalue weighted by Crippen LogP contribution is 2.31. The van der Waals surface area contributed by atoms with Crippen LogP contribution in [0.15, 0.2) is 29.8 Å². The van der Waals surface area contributed by atoms with E-state index >= 15 is 0 Å². The summed E-state index contributed by atoms with van der Waals surface area (Å²) in [5, 5.41) is 12.7. The molecule has 0 bridgehead atoms. The topological polar surface area (TPSA) is 75.3 Å². The lowest BCUT2D eigenvalue weighted by atomic mass is 9.93. The lowest BCUT2D eigenvalue weighted by molar-refractivity contribution is -0.118. The summed E-state index contributed by atoms with van der Waals surface area (Å²) in [6.07, 6.45) is 7.94. The van der Waals surface area contributed by atoms with E-state index in [4.69, 9.17) is 5.73 Å². The molecular formula is C20H30N2O2. The number of nitrogens with one attached hydrogen (secondary N) is 1. The standard InChI is InChI=1S/C20H30N2O2/c1-14(2)12-13-22-20(24)17-10-4-7-15(17)6-3-8-16-9-5-11-18(23)19(16)21/h5,9-11,14-15,23H,3-4,6-8,12-13,21H2,1-2H3,(H,22,24). The number of rotatable bonds is 8. The highest BCUT2D eigenvalue weighted by Gasteiger charge is 2.24. The third-order valence-electron chi connectivity index (χ3n) is 4.76. The van der Waals surface area contributed by atoms with Crippen molar-refractivity contribution in [2.45, 2.75) is 52.4 Å². The average Bonchev–Trinajstić information content (AvgIpc) is 2.99. The van der Waals surface area contributed by atoms with Gasteiger partial charge < -0.3 is 16.2 Å². The van der Waals surface area contributed by atoms with Gasteiger partial charge in [-0.3, -0.25) is 4.79 Å². The predicted molar refractivity (Wildman–Crippen MR) is 98.7 cm³/mol. The van der Waals surface area contributed by atoms with Gasteiger partial charge in [0.05, 0.1) is 5.69 Å². The van der Waals surface area contributed by atoms with Crippen molar-refractivity contribution in [3.63, 3.8) is 0 Å². The molecule has 1 amide bonds. The van der Waals surface area contributed by atoms with E-state index in [1.807, 2.05) is 12.1 Å². The molecule has 1 aromatic rings. The van der Waals surface area contributed by atoms with E-state index in [-0.39, 0.29) is 11.7 Å². The minimum absolute atomic E-state index is 0.106. The fourth-order valence-corrected chi connectivity index (χ4v) is 3.27. The number of aromatic hydroxyl groups is 1. The number of nitrogen functional groups attached to an aromatic ring is 1. The molecule has 4 heteroatoms. The van der Waals surface area contributed by atoms with Crippen LogP contribution < -0.4 is 11.1 Å². The Bertz CT molecular complexity index is 593. The second kappa shape index (κ2) is 8.76. The van der Waals surface area contributed by atoms with E-state index in [0.717, 1.165) is 56.2 Å². The number of carbonyl (C=O) groups is 1. The molecule has 132 valence electrons. The van der Waals surface area contributed by atoms with Crippen molar-refractivity contribution in [1.29, 1.82) is 0 Å². The Morgan fingerprint density at radius 2 is 2.21 bits per heavy atom. The average molecular weight is 330 g/mol. The van der Waals surface area contributed by atoms with Crippen molar-refractivity contribution >= 4 is 11.6 Å². The molecule has 4 N–H and O–H groups in total. The number of aryl methyl sites for hydroxylation is 1. The first-order valence-electron chi connectivity index (χ1n) is 9.03. The number of para-hydroxylation sites is 1. The molecule has 0 fully saturated rings. The number of phenols is 1. The molecule has 1 aliphatic rings. The van der Waals surface area contributed by atoms with E-state index in [9.17, 15) is 9.90 Å². The number of carbonyl (C=O) groups excluding carboxylic acids is 1. The fraction of sp³-hybridized carbons (Fsp3) is 0.550. The van der Waals surface area contributed by atoms with Gasteiger partial charge in [-0.25, -0.2) is 0 Å². The van der Waals surface area contributed by atoms with Crippen LogP contribution in [0.5, 0.6) is 5.75 Å². The molecule has 1 aromatic carbocycles. The summed E-state index contributed by atoms with van der Waals surface area (Å²) in [5.41, 5.74) is 8.33. The van der Waals surface area contributed by atoms with Crippen molar-refractivity contribution in [2.75, 3.05) is 12.3 Å². The van der Waals surface area contributed by atoms with Gasteiger partial charge in [0.1, 0.15) is 5.75 Å². The smallest absolute Gasteiger partial charge is 0.247 e. The quantitative estimate of drug-likeness (QED) is 0.501. The van der Waals surface area contributed by atoms with Crippen LogP contribution in [0, 0.1) is 11.8 Å². The van der Waals surface area contributed by atoms with Gasteiger partial charge >= 0.3 is 0 Å². The zero-order valence-electron chi connectivity index (χ0n) is 14.8. The molecule has 1 atom stereocenters. The first-order chi connectivity index (χ1) is 11.5. The van der Waals surface area contributed by atoms with Gasteiger partial charge in [0.25, 0.3) is 0 Å². The van der Waals surface area contributed by atoms with Crippen LogP contribution >= 0.6 is 0 Å². The number of allylic oxidation sites excluding steroid dienone is 1. The summed E-state index contributed by atoms with van der Waals surface area (Å²) >= 11 is 0. The molecule has 0 aromatic heterocycles. The highest BCUT2D eigenvalue weighted by molar-refractivity contribution is 5.94. The number of nitrogens with two attached hydrogens (primary N) is 1. The van der Waals surface area contributed by atoms with Crippen LogP contribution in [-0.2, 0) is 11.2 Å². The number of hydrogen-bond acceptors (Lipinski definition) is 3. The summed E-state index contributed by atoms with van der Waals surface area (Å²) in [6, 6.07) is 5.39. The number of hydrogen-bond donors (Lipinski definition) is 3. The third kappa shape index (κ3) is 5.02. The fourth-order valence-electron chi connectivity index (χ4n) is 3.27. The van der Waals surface area contributed by atoms with Gasteiger partial charge in [-0.2, -0.15) is 0 Å². The minimum Gasteiger partial charge on any atom is -0.506 e. The molecule has 24 heavy (non-hydrogen) atoms. The van der Waals surface area contributed by atoms with Crippen molar-refractivity contribution in [3.8, 4) is 5.75 Å². The maximum absolute atomic E-state index is 12.3. The first-order valence-corrected chi connectivity index (χ1v) is 9.03. The predicted octanol–water partition coefficient (Wildman–Crippen LogP) is 3.80. The van der Waals surface area contributed by atoms with Gasteiger partial charge in [-0.15, -0.1) is 0 Å². The molecule has 4 nitrogen and oxygen atoms in total. The van der Waals surface area contributed by atoms with E-state index in [2.05, 4.69) is 25.2 Å². The normalized spacial score (nSPS) is 17.1. The third-order valence-corrected chi connectivity index (χ3v) is 4.76. The molecule has 1 unspecified atom stereocenters. The van der Waals surface area contributed by atoms with Crippen LogP contribution in [0.1, 0.15) is 51.5 Å². The SMILES string of the molecule is CC(C)CCNC(=O)C1=CCCC1CCCc1cccc(O)c1N. The zero-order chi connectivity index (χ0) is 17.5. The summed E-state index contributed by atoms with van der Waals surface area (Å²) < 4.78 is 0. The molecular weight excluding hydrogens is 300 g/mol. The molecule has 0 radical (unpaired) electrons. The van der Waals surface area contributed by atoms with E-state index in [1.165, 1.54) is 0 Å². The Balaban J connectivity index is 1.81. The van der Waals surface area contributed by atoms with Crippen molar-refractivity contribution in [3.05, 3.63) is 35.4 Å². The zero-order valence-corrected chi connectivity index (χ0v) is 14.8. The molecule has 0 spiro atoms. The van der Waals surface area contributed by atoms with Crippen molar-refractivity contribution in [2.24, 2.45) is 11.8 Å². The van der Waals surface area contributed by atoms with Crippen LogP contribution in [0.2, 0.25) is 0 Å². The summed E-state index contributed by atoms with van der Waals surface area (Å²) in [6.45, 7) is 5.08. The number of anilines is 1. The van der Waals surface area contributed by atoms with Crippen LogP contribution in [-0.4, -0.2) is 17.6 Å². The Hall–Kier alpha value is -1.97. The maximum Gasteiger partial charge on any atom is 0.247 e. The molecule has 2 rings (SSSR count). The summed E-state index contributed by atoms with van der Waals surface area (Å²) in [7, 11) is 0. The van der Waals surface area contributed by atoms with Crippen LogP contribution in [0.3, 0.4) is 0 Å². The highest BCUT2D eigenvalue weighted by atomic mass is 16.3. The van der Waals surface area contributed by atoms with Crippen LogP contribution in [0.4, 0.5) is 5.69 Å². The Morgan fingerprint density at radius 3 is 2.96 bits per heavy atom. The molecule has 0 saturated heterocycles. The lowest BCUT2D eigenvalue weighted by Gasteiger charge is -2.16. The van der Waals surface area contributed by atoms with E-state index in [0.29, 0.717) is 17.5 Å². The molecule has 0 aliphatic heterocycles. The maximum atomic E-state index is 12.3. The number of phenolic OH excluding ortho intramolecular Hbond substituents is 1. The van der Waals surface area contributed by atoms with Crippen molar-refractivity contribution < 1.29 is 9.90 Å². The lowest BCUT2D eigenvalue weighted by Crippen LogP contribution is -2.28. The molecule has 0 saturated carbocycles. The minimum atomic E-state index is 0.106. The Morgan fingerprint density at radius 1 is 1.42 bits per heavy atom. The number of benzene rings is 1. The Kier molecular flexibility index (Phi) is 6.71. The van der Waals surface area contributed by atoms with Gasteiger partial charge in [0.15, 0.2) is 0 Å². The molecule has 1 aliphatic carbocycles. The van der Waals surface area contributed by atoms with Crippen LogP contribution in [0.25, 0.3) is 0 Å². The van der Waals surface area contributed by atoms with Gasteiger partial charge in [-0.05, 0) is 62.0 Å². The van der Waals surface area contributed by atoms with Gasteiger partial charge in [0, 0.05) is 12.1 Å². The first kappa shape index (κ1) is 18.4. The van der Waals surface area contributed by atoms with Gasteiger partial charge in [-0.1, -0.05) is 32.1 Å². The van der Waals surface area contributed by atoms with E-state index < -0.39 is 0 Å². The Labute approximate surface area is 145 Å². The molecule has 0 heterocycles. The van der Waals surface area contributed by atoms with Gasteiger partial charge in [0.2, 0.25) is 5.91 Å².